The summed E-state index contributed by atoms with van der Waals surface area (Å²) in [4.78, 5) is 2.32. The van der Waals surface area contributed by atoms with Crippen molar-refractivity contribution in [2.75, 3.05) is 13.1 Å². The average Bonchev–Trinajstić information content (AvgIpc) is 3.54. The number of nitrogens with one attached hydrogen (secondary N) is 2. The lowest BCUT2D eigenvalue weighted by Crippen LogP contribution is -2.44. The fourth-order valence-electron chi connectivity index (χ4n) is 3.63. The first-order valence-electron chi connectivity index (χ1n) is 10.3. The Balaban J connectivity index is 1.32. The fraction of sp³-hybridized carbons (Fsp3) is 0.429. The Morgan fingerprint density at radius 2 is 1.19 bits per heavy atom. The van der Waals surface area contributed by atoms with E-state index in [9.17, 15) is 21.2 Å². The molecule has 168 valence electrons. The zero-order chi connectivity index (χ0) is 22.1. The SMILES string of the molecule is O=S(=O)(NC1CC1)c1ccc(S(=O)(=O)NC2CCN(Cc3ccc(F)cc3)CC2)cc1. The van der Waals surface area contributed by atoms with Crippen molar-refractivity contribution < 1.29 is 21.2 Å². The Kier molecular flexibility index (Phi) is 6.45. The van der Waals surface area contributed by atoms with E-state index >= 15 is 0 Å². The minimum Gasteiger partial charge on any atom is -0.299 e. The predicted octanol–water partition coefficient (Wildman–Crippen LogP) is 2.21. The zero-order valence-corrected chi connectivity index (χ0v) is 18.6. The number of rotatable bonds is 8. The molecule has 2 aliphatic rings. The summed E-state index contributed by atoms with van der Waals surface area (Å²) >= 11 is 0. The van der Waals surface area contributed by atoms with Gasteiger partial charge in [0, 0.05) is 31.7 Å². The number of likely N-dealkylation sites (tertiary alicyclic amines) is 1. The van der Waals surface area contributed by atoms with Crippen molar-refractivity contribution in [3.05, 3.63) is 59.9 Å². The first kappa shape index (κ1) is 22.3. The molecule has 2 aromatic rings. The van der Waals surface area contributed by atoms with Crippen molar-refractivity contribution in [3.63, 3.8) is 0 Å². The molecule has 0 atom stereocenters. The Morgan fingerprint density at radius 1 is 0.742 bits per heavy atom. The molecule has 0 bridgehead atoms. The average molecular weight is 468 g/mol. The molecule has 1 aliphatic carbocycles. The molecule has 1 saturated carbocycles. The van der Waals surface area contributed by atoms with E-state index in [1.165, 1.54) is 36.4 Å². The Bertz CT molecular complexity index is 1110. The van der Waals surface area contributed by atoms with Gasteiger partial charge < -0.3 is 0 Å². The largest absolute Gasteiger partial charge is 0.299 e. The quantitative estimate of drug-likeness (QED) is 0.621. The molecule has 2 fully saturated rings. The van der Waals surface area contributed by atoms with Gasteiger partial charge in [-0.15, -0.1) is 0 Å². The number of halogens is 1. The highest BCUT2D eigenvalue weighted by molar-refractivity contribution is 7.90. The van der Waals surface area contributed by atoms with Crippen LogP contribution in [-0.4, -0.2) is 46.9 Å². The minimum atomic E-state index is -3.74. The van der Waals surface area contributed by atoms with E-state index in [-0.39, 0.29) is 27.7 Å². The molecule has 31 heavy (non-hydrogen) atoms. The number of hydrogen-bond donors (Lipinski definition) is 2. The van der Waals surface area contributed by atoms with Gasteiger partial charge in [-0.2, -0.15) is 0 Å². The summed E-state index contributed by atoms with van der Waals surface area (Å²) in [5, 5.41) is 0. The third kappa shape index (κ3) is 5.89. The van der Waals surface area contributed by atoms with E-state index in [4.69, 9.17) is 0 Å². The summed E-state index contributed by atoms with van der Waals surface area (Å²) in [6.45, 7) is 2.16. The summed E-state index contributed by atoms with van der Waals surface area (Å²) in [6.07, 6.45) is 2.99. The molecule has 1 saturated heterocycles. The van der Waals surface area contributed by atoms with Gasteiger partial charge in [0.05, 0.1) is 9.79 Å². The molecular weight excluding hydrogens is 441 g/mol. The predicted molar refractivity (Wildman–Crippen MR) is 115 cm³/mol. The standard InChI is InChI=1S/C21H26FN3O4S2/c22-17-3-1-16(2-4-17)15-25-13-11-19(12-14-25)24-31(28,29)21-9-7-20(8-10-21)30(26,27)23-18-5-6-18/h1-4,7-10,18-19,23-24H,5-6,11-15H2. The van der Waals surface area contributed by atoms with E-state index in [1.807, 2.05) is 0 Å². The molecular formula is C21H26FN3O4S2. The van der Waals surface area contributed by atoms with E-state index in [1.54, 1.807) is 12.1 Å². The topological polar surface area (TPSA) is 95.6 Å². The number of nitrogens with zero attached hydrogens (tertiary/aromatic N) is 1. The Labute approximate surface area is 182 Å². The molecule has 0 amide bonds. The number of piperidine rings is 1. The van der Waals surface area contributed by atoms with Crippen molar-refractivity contribution in [1.82, 2.24) is 14.3 Å². The normalized spacial score (nSPS) is 18.9. The third-order valence-electron chi connectivity index (χ3n) is 5.57. The van der Waals surface area contributed by atoms with Crippen LogP contribution in [0.4, 0.5) is 4.39 Å². The van der Waals surface area contributed by atoms with Gasteiger partial charge >= 0.3 is 0 Å². The van der Waals surface area contributed by atoms with Gasteiger partial charge in [-0.3, -0.25) is 4.90 Å². The highest BCUT2D eigenvalue weighted by Crippen LogP contribution is 2.23. The molecule has 0 radical (unpaired) electrons. The van der Waals surface area contributed by atoms with Crippen molar-refractivity contribution in [2.24, 2.45) is 0 Å². The van der Waals surface area contributed by atoms with Crippen LogP contribution in [-0.2, 0) is 26.6 Å². The highest BCUT2D eigenvalue weighted by Gasteiger charge is 2.29. The number of benzene rings is 2. The Morgan fingerprint density at radius 3 is 1.65 bits per heavy atom. The molecule has 0 unspecified atom stereocenters. The van der Waals surface area contributed by atoms with Gasteiger partial charge in [0.1, 0.15) is 5.82 Å². The lowest BCUT2D eigenvalue weighted by Gasteiger charge is -2.32. The zero-order valence-electron chi connectivity index (χ0n) is 17.0. The number of sulfonamides is 2. The Hall–Kier alpha value is -1.85. The first-order valence-corrected chi connectivity index (χ1v) is 13.3. The second-order valence-electron chi connectivity index (χ2n) is 8.17. The monoisotopic (exact) mass is 467 g/mol. The number of hydrogen-bond acceptors (Lipinski definition) is 5. The van der Waals surface area contributed by atoms with E-state index in [0.717, 1.165) is 31.5 Å². The molecule has 7 nitrogen and oxygen atoms in total. The molecule has 1 aliphatic heterocycles. The highest BCUT2D eigenvalue weighted by atomic mass is 32.2. The molecule has 4 rings (SSSR count). The maximum Gasteiger partial charge on any atom is 0.240 e. The minimum absolute atomic E-state index is 0.0102. The van der Waals surface area contributed by atoms with Crippen molar-refractivity contribution in [1.29, 1.82) is 0 Å². The van der Waals surface area contributed by atoms with Gasteiger partial charge in [-0.1, -0.05) is 12.1 Å². The summed E-state index contributed by atoms with van der Waals surface area (Å²) in [6, 6.07) is 11.5. The first-order chi connectivity index (χ1) is 14.7. The van der Waals surface area contributed by atoms with Crippen molar-refractivity contribution in [2.45, 2.75) is 54.1 Å². The van der Waals surface area contributed by atoms with Crippen molar-refractivity contribution >= 4 is 20.0 Å². The van der Waals surface area contributed by atoms with E-state index in [2.05, 4.69) is 14.3 Å². The van der Waals surface area contributed by atoms with Crippen LogP contribution in [0.1, 0.15) is 31.2 Å². The van der Waals surface area contributed by atoms with Gasteiger partial charge in [0.15, 0.2) is 0 Å². The van der Waals surface area contributed by atoms with E-state index in [0.29, 0.717) is 19.4 Å². The maximum absolute atomic E-state index is 13.0. The molecule has 10 heteroatoms. The van der Waals surface area contributed by atoms with Gasteiger partial charge in [0.2, 0.25) is 20.0 Å². The van der Waals surface area contributed by atoms with Crippen LogP contribution in [0.25, 0.3) is 0 Å². The van der Waals surface area contributed by atoms with Crippen LogP contribution < -0.4 is 9.44 Å². The molecule has 0 spiro atoms. The van der Waals surface area contributed by atoms with Crippen LogP contribution in [0.5, 0.6) is 0 Å². The van der Waals surface area contributed by atoms with Crippen LogP contribution in [0, 0.1) is 5.82 Å². The lowest BCUT2D eigenvalue weighted by molar-refractivity contribution is 0.200. The fourth-order valence-corrected chi connectivity index (χ4v) is 6.24. The summed E-state index contributed by atoms with van der Waals surface area (Å²) in [5.41, 5.74) is 1.02. The smallest absolute Gasteiger partial charge is 0.240 e. The molecule has 2 N–H and O–H groups in total. The summed E-state index contributed by atoms with van der Waals surface area (Å²) < 4.78 is 68.3. The molecule has 1 heterocycles. The summed E-state index contributed by atoms with van der Waals surface area (Å²) in [5.74, 6) is -0.262. The van der Waals surface area contributed by atoms with E-state index < -0.39 is 20.0 Å². The second-order valence-corrected chi connectivity index (χ2v) is 11.6. The lowest BCUT2D eigenvalue weighted by atomic mass is 10.1. The van der Waals surface area contributed by atoms with Crippen LogP contribution >= 0.6 is 0 Å². The van der Waals surface area contributed by atoms with Crippen LogP contribution in [0.15, 0.2) is 58.3 Å². The van der Waals surface area contributed by atoms with Gasteiger partial charge in [0.25, 0.3) is 0 Å². The van der Waals surface area contributed by atoms with Crippen LogP contribution in [0.2, 0.25) is 0 Å². The second kappa shape index (κ2) is 8.95. The van der Waals surface area contributed by atoms with Gasteiger partial charge in [-0.25, -0.2) is 30.7 Å². The van der Waals surface area contributed by atoms with Crippen LogP contribution in [0.3, 0.4) is 0 Å². The molecule has 2 aromatic carbocycles. The van der Waals surface area contributed by atoms with Gasteiger partial charge in [-0.05, 0) is 67.6 Å². The summed E-state index contributed by atoms with van der Waals surface area (Å²) in [7, 11) is -7.35. The maximum atomic E-state index is 13.0. The van der Waals surface area contributed by atoms with Crippen molar-refractivity contribution in [3.8, 4) is 0 Å². The third-order valence-corrected chi connectivity index (χ3v) is 8.65. The molecule has 0 aromatic heterocycles.